The highest BCUT2D eigenvalue weighted by atomic mass is 19.1. The molecule has 1 aromatic carbocycles. The molecule has 0 saturated heterocycles. The number of aromatic nitrogens is 3. The number of aromatic amines is 1. The van der Waals surface area contributed by atoms with Gasteiger partial charge in [0.1, 0.15) is 5.82 Å². The number of rotatable bonds is 3. The zero-order valence-corrected chi connectivity index (χ0v) is 16.8. The number of carbonyl (C=O) groups excluding carboxylic acids is 1. The summed E-state index contributed by atoms with van der Waals surface area (Å²) in [7, 11) is 0. The third-order valence-electron chi connectivity index (χ3n) is 5.60. The molecule has 0 aliphatic carbocycles. The Morgan fingerprint density at radius 3 is 2.86 bits per heavy atom. The van der Waals surface area contributed by atoms with Crippen LogP contribution in [0.1, 0.15) is 48.1 Å². The number of aryl methyl sites for hydroxylation is 1. The van der Waals surface area contributed by atoms with Crippen molar-refractivity contribution in [3.63, 3.8) is 0 Å². The topological polar surface area (TPSA) is 66.0 Å². The van der Waals surface area contributed by atoms with Crippen molar-refractivity contribution in [1.29, 1.82) is 0 Å². The highest BCUT2D eigenvalue weighted by Gasteiger charge is 2.24. The van der Waals surface area contributed by atoms with Crippen LogP contribution in [-0.4, -0.2) is 32.2 Å². The molecule has 0 fully saturated rings. The van der Waals surface area contributed by atoms with Crippen LogP contribution in [0.3, 0.4) is 0 Å². The minimum atomic E-state index is -0.260. The minimum Gasteiger partial charge on any atom is -0.358 e. The summed E-state index contributed by atoms with van der Waals surface area (Å²) in [5.74, 6) is -0.260. The standard InChI is InChI=1S/C21H26FN5O/c1-12(2)27-14(4)17(13(3)25-27)10-23-21(28)26-8-7-20-18(11-26)16-9-15(22)5-6-19(16)24-20/h5-6,9,12,24H,7-8,10-11H2,1-4H3,(H,23,28). The summed E-state index contributed by atoms with van der Waals surface area (Å²) in [6.07, 6.45) is 0.738. The van der Waals surface area contributed by atoms with Gasteiger partial charge in [0.05, 0.1) is 5.69 Å². The van der Waals surface area contributed by atoms with E-state index in [9.17, 15) is 9.18 Å². The largest absolute Gasteiger partial charge is 0.358 e. The molecule has 1 aliphatic rings. The molecule has 3 heterocycles. The summed E-state index contributed by atoms with van der Waals surface area (Å²) in [6, 6.07) is 4.93. The number of benzene rings is 1. The lowest BCUT2D eigenvalue weighted by atomic mass is 10.0. The quantitative estimate of drug-likeness (QED) is 0.719. The second-order valence-electron chi connectivity index (χ2n) is 7.79. The number of halogens is 1. The number of urea groups is 1. The van der Waals surface area contributed by atoms with E-state index in [1.807, 2.05) is 18.5 Å². The average molecular weight is 383 g/mol. The van der Waals surface area contributed by atoms with Crippen molar-refractivity contribution in [2.75, 3.05) is 6.54 Å². The predicted octanol–water partition coefficient (Wildman–Crippen LogP) is 3.97. The third kappa shape index (κ3) is 3.15. The maximum absolute atomic E-state index is 13.7. The van der Waals surface area contributed by atoms with E-state index in [-0.39, 0.29) is 17.9 Å². The van der Waals surface area contributed by atoms with Gasteiger partial charge in [-0.2, -0.15) is 5.10 Å². The van der Waals surface area contributed by atoms with E-state index in [1.165, 1.54) is 6.07 Å². The van der Waals surface area contributed by atoms with Crippen LogP contribution in [0.25, 0.3) is 10.9 Å². The van der Waals surface area contributed by atoms with Gasteiger partial charge in [-0.15, -0.1) is 0 Å². The molecule has 0 atom stereocenters. The Morgan fingerprint density at radius 2 is 2.14 bits per heavy atom. The van der Waals surface area contributed by atoms with Crippen LogP contribution in [0.5, 0.6) is 0 Å². The van der Waals surface area contributed by atoms with Gasteiger partial charge < -0.3 is 15.2 Å². The van der Waals surface area contributed by atoms with Crippen molar-refractivity contribution >= 4 is 16.9 Å². The summed E-state index contributed by atoms with van der Waals surface area (Å²) in [4.78, 5) is 17.9. The molecule has 0 spiro atoms. The SMILES string of the molecule is Cc1nn(C(C)C)c(C)c1CNC(=O)N1CCc2[nH]c3ccc(F)cc3c2C1. The van der Waals surface area contributed by atoms with Crippen LogP contribution in [-0.2, 0) is 19.5 Å². The molecule has 2 N–H and O–H groups in total. The average Bonchev–Trinajstić information content (AvgIpc) is 3.16. The second kappa shape index (κ2) is 6.96. The van der Waals surface area contributed by atoms with Crippen LogP contribution < -0.4 is 5.32 Å². The molecular weight excluding hydrogens is 357 g/mol. The molecule has 3 aromatic rings. The first-order valence-corrected chi connectivity index (χ1v) is 9.71. The third-order valence-corrected chi connectivity index (χ3v) is 5.60. The van der Waals surface area contributed by atoms with Crippen molar-refractivity contribution < 1.29 is 9.18 Å². The first-order valence-electron chi connectivity index (χ1n) is 9.71. The summed E-state index contributed by atoms with van der Waals surface area (Å²) in [5.41, 5.74) is 6.11. The molecule has 148 valence electrons. The van der Waals surface area contributed by atoms with Crippen LogP contribution in [0, 0.1) is 19.7 Å². The Bertz CT molecular complexity index is 1050. The number of amides is 2. The van der Waals surface area contributed by atoms with Gasteiger partial charge in [-0.1, -0.05) is 0 Å². The Balaban J connectivity index is 1.49. The Labute approximate surface area is 163 Å². The van der Waals surface area contributed by atoms with Gasteiger partial charge in [-0.05, 0) is 45.9 Å². The van der Waals surface area contributed by atoms with Crippen molar-refractivity contribution in [2.24, 2.45) is 0 Å². The number of H-pyrrole nitrogens is 1. The second-order valence-corrected chi connectivity index (χ2v) is 7.79. The van der Waals surface area contributed by atoms with E-state index in [2.05, 4.69) is 29.2 Å². The fourth-order valence-electron chi connectivity index (χ4n) is 4.09. The minimum absolute atomic E-state index is 0.104. The molecule has 2 aromatic heterocycles. The molecule has 28 heavy (non-hydrogen) atoms. The molecule has 0 unspecified atom stereocenters. The van der Waals surface area contributed by atoms with Crippen molar-refractivity contribution in [3.8, 4) is 0 Å². The van der Waals surface area contributed by atoms with E-state index >= 15 is 0 Å². The van der Waals surface area contributed by atoms with Gasteiger partial charge in [0.15, 0.2) is 0 Å². The van der Waals surface area contributed by atoms with E-state index in [0.717, 1.165) is 45.5 Å². The molecule has 0 radical (unpaired) electrons. The number of nitrogens with one attached hydrogen (secondary N) is 2. The molecule has 2 amide bonds. The lowest BCUT2D eigenvalue weighted by Gasteiger charge is -2.27. The molecule has 0 bridgehead atoms. The molecule has 1 aliphatic heterocycles. The maximum Gasteiger partial charge on any atom is 0.317 e. The number of hydrogen-bond donors (Lipinski definition) is 2. The van der Waals surface area contributed by atoms with Gasteiger partial charge in [-0.3, -0.25) is 4.68 Å². The Hall–Kier alpha value is -2.83. The Morgan fingerprint density at radius 1 is 1.36 bits per heavy atom. The van der Waals surface area contributed by atoms with Gasteiger partial charge in [0.2, 0.25) is 0 Å². The first-order chi connectivity index (χ1) is 13.3. The first kappa shape index (κ1) is 18.5. The summed E-state index contributed by atoms with van der Waals surface area (Å²) < 4.78 is 15.7. The lowest BCUT2D eigenvalue weighted by molar-refractivity contribution is 0.192. The van der Waals surface area contributed by atoms with Crippen LogP contribution in [0.4, 0.5) is 9.18 Å². The number of fused-ring (bicyclic) bond motifs is 3. The normalized spacial score (nSPS) is 14.0. The van der Waals surface area contributed by atoms with Crippen LogP contribution >= 0.6 is 0 Å². The molecule has 6 nitrogen and oxygen atoms in total. The summed E-state index contributed by atoms with van der Waals surface area (Å²) in [5, 5.41) is 8.47. The van der Waals surface area contributed by atoms with E-state index in [0.29, 0.717) is 19.6 Å². The highest BCUT2D eigenvalue weighted by molar-refractivity contribution is 5.86. The fraction of sp³-hybridized carbons (Fsp3) is 0.429. The molecule has 4 rings (SSSR count). The van der Waals surface area contributed by atoms with Crippen molar-refractivity contribution in [1.82, 2.24) is 25.0 Å². The highest BCUT2D eigenvalue weighted by Crippen LogP contribution is 2.28. The van der Waals surface area contributed by atoms with Gasteiger partial charge in [-0.25, -0.2) is 9.18 Å². The zero-order valence-electron chi connectivity index (χ0n) is 16.8. The summed E-state index contributed by atoms with van der Waals surface area (Å²) in [6.45, 7) is 9.77. The predicted molar refractivity (Wildman–Crippen MR) is 107 cm³/mol. The van der Waals surface area contributed by atoms with Gasteiger partial charge in [0.25, 0.3) is 0 Å². The molecule has 0 saturated carbocycles. The monoisotopic (exact) mass is 383 g/mol. The van der Waals surface area contributed by atoms with Crippen molar-refractivity contribution in [3.05, 3.63) is 52.2 Å². The molecular formula is C21H26FN5O. The lowest BCUT2D eigenvalue weighted by Crippen LogP contribution is -2.42. The molecule has 7 heteroatoms. The van der Waals surface area contributed by atoms with Gasteiger partial charge >= 0.3 is 6.03 Å². The number of hydrogen-bond acceptors (Lipinski definition) is 2. The maximum atomic E-state index is 13.7. The van der Waals surface area contributed by atoms with Crippen LogP contribution in [0.15, 0.2) is 18.2 Å². The number of nitrogens with zero attached hydrogens (tertiary/aromatic N) is 3. The van der Waals surface area contributed by atoms with Crippen molar-refractivity contribution in [2.45, 2.75) is 53.2 Å². The Kier molecular flexibility index (Phi) is 4.61. The van der Waals surface area contributed by atoms with Gasteiger partial charge in [0, 0.05) is 65.5 Å². The van der Waals surface area contributed by atoms with E-state index in [1.54, 1.807) is 17.0 Å². The van der Waals surface area contributed by atoms with Crippen LogP contribution in [0.2, 0.25) is 0 Å². The summed E-state index contributed by atoms with van der Waals surface area (Å²) >= 11 is 0. The smallest absolute Gasteiger partial charge is 0.317 e. The van der Waals surface area contributed by atoms with E-state index in [4.69, 9.17) is 0 Å². The number of carbonyl (C=O) groups is 1. The van der Waals surface area contributed by atoms with E-state index < -0.39 is 0 Å². The fourth-order valence-corrected chi connectivity index (χ4v) is 4.09. The zero-order chi connectivity index (χ0) is 20.0.